The van der Waals surface area contributed by atoms with E-state index < -0.39 is 29.3 Å². The summed E-state index contributed by atoms with van der Waals surface area (Å²) in [5.74, 6) is -0.446. The van der Waals surface area contributed by atoms with E-state index >= 15 is 0 Å². The third-order valence-corrected chi connectivity index (χ3v) is 7.02. The number of aromatic nitrogens is 6. The lowest BCUT2D eigenvalue weighted by Gasteiger charge is -2.25. The van der Waals surface area contributed by atoms with Crippen LogP contribution in [0.1, 0.15) is 50.6 Å². The van der Waals surface area contributed by atoms with Crippen molar-refractivity contribution in [3.05, 3.63) is 59.3 Å². The molecule has 2 atom stereocenters. The van der Waals surface area contributed by atoms with Crippen LogP contribution < -0.4 is 15.8 Å². The minimum atomic E-state index is -1.34. The standard InChI is InChI=1S/C28H31B2FN8O3/c1-14(2)23(32)27(40)41-13-34-26-22-9-17(11-33-26)25-16(12-35-39(25)28(4,29)30)8-21-24(37-38(5)36-21)19-7-6-18(31)10-20(19)15(3)42-22/h6-7,9-12,14-15,23H,8,13,32H2,1-5H3,(H,33,34)/t15-,23?/m1/s1. The quantitative estimate of drug-likeness (QED) is 0.205. The van der Waals surface area contributed by atoms with Gasteiger partial charge in [-0.1, -0.05) is 20.8 Å². The molecule has 4 radical (unpaired) electrons. The molecule has 1 aromatic carbocycles. The van der Waals surface area contributed by atoms with E-state index in [1.165, 1.54) is 21.6 Å². The molecule has 14 heteroatoms. The minimum Gasteiger partial charge on any atom is -0.482 e. The summed E-state index contributed by atoms with van der Waals surface area (Å²) in [6.07, 6.45) is 2.97. The number of nitrogens with two attached hydrogens (primary N) is 1. The van der Waals surface area contributed by atoms with Gasteiger partial charge in [-0.2, -0.15) is 20.1 Å². The van der Waals surface area contributed by atoms with E-state index in [1.807, 2.05) is 13.8 Å². The van der Waals surface area contributed by atoms with Crippen molar-refractivity contribution in [2.45, 2.75) is 51.6 Å². The molecule has 0 saturated carbocycles. The summed E-state index contributed by atoms with van der Waals surface area (Å²) in [4.78, 5) is 18.3. The molecule has 1 unspecified atom stereocenters. The number of ether oxygens (including phenoxy) is 2. The second kappa shape index (κ2) is 11.2. The highest BCUT2D eigenvalue weighted by molar-refractivity contribution is 6.37. The number of fused-ring (bicyclic) bond motifs is 7. The highest BCUT2D eigenvalue weighted by Gasteiger charge is 2.28. The minimum absolute atomic E-state index is 0.0849. The number of anilines is 1. The SMILES string of the molecule is [B]C([B])(C)n1ncc2c1-c1cnc(NCOC(=O)C(N)C(C)C)c(c1)O[C@H](C)c1cc(F)ccc1-c1nn(C)nc1C2. The van der Waals surface area contributed by atoms with Gasteiger partial charge >= 0.3 is 5.97 Å². The van der Waals surface area contributed by atoms with Gasteiger partial charge in [-0.3, -0.25) is 9.48 Å². The van der Waals surface area contributed by atoms with Crippen molar-refractivity contribution in [1.29, 1.82) is 0 Å². The smallest absolute Gasteiger partial charge is 0.324 e. The zero-order chi connectivity index (χ0) is 30.3. The first-order valence-corrected chi connectivity index (χ1v) is 13.5. The van der Waals surface area contributed by atoms with Crippen LogP contribution in [0.4, 0.5) is 10.2 Å². The Kier molecular flexibility index (Phi) is 7.84. The fraction of sp³-hybridized carbons (Fsp3) is 0.393. The van der Waals surface area contributed by atoms with Crippen LogP contribution >= 0.6 is 0 Å². The van der Waals surface area contributed by atoms with E-state index in [4.69, 9.17) is 30.9 Å². The van der Waals surface area contributed by atoms with Crippen LogP contribution in [0.3, 0.4) is 0 Å². The zero-order valence-corrected chi connectivity index (χ0v) is 24.1. The molecule has 0 saturated heterocycles. The van der Waals surface area contributed by atoms with Crippen molar-refractivity contribution in [3.63, 3.8) is 0 Å². The Morgan fingerprint density at radius 1 is 1.29 bits per heavy atom. The van der Waals surface area contributed by atoms with Gasteiger partial charge in [0.15, 0.2) is 18.3 Å². The molecular weight excluding hydrogens is 537 g/mol. The van der Waals surface area contributed by atoms with E-state index in [9.17, 15) is 9.18 Å². The first-order chi connectivity index (χ1) is 19.8. The van der Waals surface area contributed by atoms with Crippen molar-refractivity contribution >= 4 is 27.5 Å². The molecule has 2 bridgehead atoms. The number of nitrogens with zero attached hydrogens (tertiary/aromatic N) is 6. The fourth-order valence-electron chi connectivity index (χ4n) is 4.82. The molecule has 3 aromatic heterocycles. The Morgan fingerprint density at radius 2 is 2.05 bits per heavy atom. The van der Waals surface area contributed by atoms with E-state index in [0.29, 0.717) is 51.8 Å². The predicted molar refractivity (Wildman–Crippen MR) is 156 cm³/mol. The van der Waals surface area contributed by atoms with Crippen molar-refractivity contribution in [1.82, 2.24) is 29.8 Å². The molecule has 0 spiro atoms. The number of aryl methyl sites for hydroxylation is 1. The molecule has 1 aliphatic heterocycles. The number of hydrogen-bond donors (Lipinski definition) is 2. The molecule has 1 aliphatic rings. The summed E-state index contributed by atoms with van der Waals surface area (Å²) in [7, 11) is 14.3. The van der Waals surface area contributed by atoms with Gasteiger partial charge in [-0.05, 0) is 42.4 Å². The summed E-state index contributed by atoms with van der Waals surface area (Å²) in [5.41, 5.74) is 10.4. The van der Waals surface area contributed by atoms with Crippen molar-refractivity contribution in [2.24, 2.45) is 18.7 Å². The molecule has 42 heavy (non-hydrogen) atoms. The molecular formula is C28H31B2FN8O3. The maximum Gasteiger partial charge on any atom is 0.324 e. The van der Waals surface area contributed by atoms with Crippen LogP contribution in [-0.4, -0.2) is 64.2 Å². The predicted octanol–water partition coefficient (Wildman–Crippen LogP) is 2.79. The van der Waals surface area contributed by atoms with E-state index in [1.54, 1.807) is 45.4 Å². The fourth-order valence-corrected chi connectivity index (χ4v) is 4.82. The van der Waals surface area contributed by atoms with Gasteiger partial charge in [-0.15, -0.1) is 0 Å². The number of halogens is 1. The lowest BCUT2D eigenvalue weighted by molar-refractivity contribution is -0.145. The summed E-state index contributed by atoms with van der Waals surface area (Å²) >= 11 is 0. The van der Waals surface area contributed by atoms with Crippen molar-refractivity contribution in [2.75, 3.05) is 12.0 Å². The third kappa shape index (κ3) is 5.76. The average Bonchev–Trinajstić information content (AvgIpc) is 3.51. The van der Waals surface area contributed by atoms with Gasteiger partial charge in [0, 0.05) is 41.9 Å². The van der Waals surface area contributed by atoms with Crippen LogP contribution in [0.5, 0.6) is 5.75 Å². The lowest BCUT2D eigenvalue weighted by atomic mass is 9.63. The Bertz CT molecular complexity index is 1630. The first-order valence-electron chi connectivity index (χ1n) is 13.5. The zero-order valence-electron chi connectivity index (χ0n) is 24.1. The molecule has 3 N–H and O–H groups in total. The van der Waals surface area contributed by atoms with Crippen LogP contribution in [0.15, 0.2) is 36.7 Å². The highest BCUT2D eigenvalue weighted by Crippen LogP contribution is 2.39. The van der Waals surface area contributed by atoms with Crippen molar-refractivity contribution in [3.8, 4) is 28.3 Å². The maximum atomic E-state index is 14.6. The molecule has 4 aromatic rings. The Hall–Kier alpha value is -4.19. The Labute approximate surface area is 245 Å². The number of hydrogen-bond acceptors (Lipinski definition) is 9. The highest BCUT2D eigenvalue weighted by atomic mass is 19.1. The molecule has 214 valence electrons. The van der Waals surface area contributed by atoms with E-state index in [0.717, 1.165) is 5.56 Å². The summed E-state index contributed by atoms with van der Waals surface area (Å²) in [5, 5.41) is 15.4. The number of nitrogens with one attached hydrogen (secondary N) is 1. The van der Waals surface area contributed by atoms with E-state index in [2.05, 4.69) is 25.6 Å². The van der Waals surface area contributed by atoms with Crippen LogP contribution in [0.25, 0.3) is 22.5 Å². The molecule has 4 heterocycles. The topological polar surface area (TPSA) is 135 Å². The number of carbonyl (C=O) groups is 1. The van der Waals surface area contributed by atoms with Gasteiger partial charge in [0.05, 0.1) is 33.3 Å². The number of rotatable bonds is 6. The second-order valence-electron chi connectivity index (χ2n) is 10.9. The monoisotopic (exact) mass is 568 g/mol. The van der Waals surface area contributed by atoms with E-state index in [-0.39, 0.29) is 12.6 Å². The molecule has 0 amide bonds. The summed E-state index contributed by atoms with van der Waals surface area (Å²) in [6.45, 7) is 6.90. The largest absolute Gasteiger partial charge is 0.482 e. The van der Waals surface area contributed by atoms with Gasteiger partial charge in [0.1, 0.15) is 23.7 Å². The summed E-state index contributed by atoms with van der Waals surface area (Å²) in [6, 6.07) is 5.45. The maximum absolute atomic E-state index is 14.6. The van der Waals surface area contributed by atoms with Crippen LogP contribution in [0.2, 0.25) is 0 Å². The average molecular weight is 568 g/mol. The van der Waals surface area contributed by atoms with Crippen LogP contribution in [-0.2, 0) is 28.3 Å². The number of esters is 1. The normalized spacial score (nSPS) is 15.4. The molecule has 11 nitrogen and oxygen atoms in total. The van der Waals surface area contributed by atoms with Gasteiger partial charge in [0.2, 0.25) is 0 Å². The summed E-state index contributed by atoms with van der Waals surface area (Å²) < 4.78 is 27.8. The second-order valence-corrected chi connectivity index (χ2v) is 10.9. The lowest BCUT2D eigenvalue weighted by Crippen LogP contribution is -2.37. The first kappa shape index (κ1) is 29.3. The number of benzene rings is 1. The molecule has 0 fully saturated rings. The molecule has 0 aliphatic carbocycles. The Morgan fingerprint density at radius 3 is 2.76 bits per heavy atom. The van der Waals surface area contributed by atoms with Gasteiger partial charge < -0.3 is 20.5 Å². The third-order valence-electron chi connectivity index (χ3n) is 7.02. The Balaban J connectivity index is 1.64. The number of pyridine rings is 1. The van der Waals surface area contributed by atoms with Gasteiger partial charge in [-0.25, -0.2) is 9.37 Å². The van der Waals surface area contributed by atoms with Gasteiger partial charge in [0.25, 0.3) is 0 Å². The molecule has 5 rings (SSSR count). The number of carbonyl (C=O) groups excluding carboxylic acids is 1. The van der Waals surface area contributed by atoms with Crippen molar-refractivity contribution < 1.29 is 18.7 Å². The van der Waals surface area contributed by atoms with Crippen LogP contribution in [0, 0.1) is 11.7 Å².